The summed E-state index contributed by atoms with van der Waals surface area (Å²) in [4.78, 5) is 0. The first kappa shape index (κ1) is 12.2. The van der Waals surface area contributed by atoms with Crippen LogP contribution < -0.4 is 5.32 Å². The van der Waals surface area contributed by atoms with Gasteiger partial charge in [-0.25, -0.2) is 0 Å². The van der Waals surface area contributed by atoms with Crippen molar-refractivity contribution in [3.63, 3.8) is 0 Å². The number of hydrogen-bond donors (Lipinski definition) is 3. The van der Waals surface area contributed by atoms with Crippen molar-refractivity contribution in [3.8, 4) is 0 Å². The maximum atomic E-state index is 8.99. The summed E-state index contributed by atoms with van der Waals surface area (Å²) in [5.74, 6) is 0. The first-order valence-corrected chi connectivity index (χ1v) is 5.46. The molecule has 0 fully saturated rings. The van der Waals surface area contributed by atoms with Crippen LogP contribution >= 0.6 is 0 Å². The van der Waals surface area contributed by atoms with Crippen LogP contribution in [-0.4, -0.2) is 27.4 Å². The number of hydrogen-bond acceptors (Lipinski definition) is 3. The minimum Gasteiger partial charge on any atom is -0.396 e. The molecular weight excluding hydrogens is 190 g/mol. The third-order valence-corrected chi connectivity index (χ3v) is 3.08. The number of aliphatic hydroxyl groups is 1. The lowest BCUT2D eigenvalue weighted by Gasteiger charge is -2.29. The normalized spacial score (nSPS) is 15.2. The van der Waals surface area contributed by atoms with Crippen molar-refractivity contribution in [2.75, 3.05) is 6.61 Å². The summed E-state index contributed by atoms with van der Waals surface area (Å²) in [5.41, 5.74) is 2.30. The molecule has 0 saturated carbocycles. The first-order valence-electron chi connectivity index (χ1n) is 5.46. The molecule has 0 radical (unpaired) electrons. The summed E-state index contributed by atoms with van der Waals surface area (Å²) in [6.45, 7) is 7.30. The van der Waals surface area contributed by atoms with E-state index >= 15 is 0 Å². The van der Waals surface area contributed by atoms with Crippen LogP contribution in [0.5, 0.6) is 0 Å². The number of aromatic amines is 1. The van der Waals surface area contributed by atoms with Crippen LogP contribution in [0.4, 0.5) is 0 Å². The summed E-state index contributed by atoms with van der Waals surface area (Å²) < 4.78 is 0. The Morgan fingerprint density at radius 2 is 2.33 bits per heavy atom. The van der Waals surface area contributed by atoms with Crippen molar-refractivity contribution in [2.45, 2.75) is 45.7 Å². The van der Waals surface area contributed by atoms with Gasteiger partial charge in [0, 0.05) is 29.9 Å². The van der Waals surface area contributed by atoms with Crippen LogP contribution in [0.1, 0.15) is 37.9 Å². The molecule has 0 aliphatic carbocycles. The van der Waals surface area contributed by atoms with Crippen molar-refractivity contribution < 1.29 is 5.11 Å². The highest BCUT2D eigenvalue weighted by atomic mass is 16.3. The third-order valence-electron chi connectivity index (χ3n) is 3.08. The van der Waals surface area contributed by atoms with E-state index in [2.05, 4.69) is 29.4 Å². The average molecular weight is 211 g/mol. The SMILES string of the molecule is CCC(C)(CCO)NCc1cn[nH]c1C. The second-order valence-corrected chi connectivity index (χ2v) is 4.26. The summed E-state index contributed by atoms with van der Waals surface area (Å²) in [6.07, 6.45) is 3.63. The molecule has 1 atom stereocenters. The van der Waals surface area contributed by atoms with Gasteiger partial charge in [-0.3, -0.25) is 5.10 Å². The number of H-pyrrole nitrogens is 1. The standard InChI is InChI=1S/C11H21N3O/c1-4-11(3,5-6-15)12-7-10-8-13-14-9(10)2/h8,12,15H,4-7H2,1-3H3,(H,13,14). The topological polar surface area (TPSA) is 60.9 Å². The van der Waals surface area contributed by atoms with E-state index in [1.165, 1.54) is 5.56 Å². The van der Waals surface area contributed by atoms with E-state index in [1.807, 2.05) is 13.1 Å². The number of aryl methyl sites for hydroxylation is 1. The van der Waals surface area contributed by atoms with Crippen molar-refractivity contribution in [3.05, 3.63) is 17.5 Å². The Balaban J connectivity index is 2.51. The maximum absolute atomic E-state index is 8.99. The second kappa shape index (κ2) is 5.28. The monoisotopic (exact) mass is 211 g/mol. The molecule has 0 spiro atoms. The highest BCUT2D eigenvalue weighted by Gasteiger charge is 2.20. The summed E-state index contributed by atoms with van der Waals surface area (Å²) in [6, 6.07) is 0. The van der Waals surface area contributed by atoms with E-state index in [1.54, 1.807) is 0 Å². The number of nitrogens with one attached hydrogen (secondary N) is 2. The number of rotatable bonds is 6. The molecule has 0 bridgehead atoms. The van der Waals surface area contributed by atoms with Gasteiger partial charge in [0.05, 0.1) is 6.20 Å². The van der Waals surface area contributed by atoms with Crippen molar-refractivity contribution in [1.29, 1.82) is 0 Å². The van der Waals surface area contributed by atoms with E-state index in [0.29, 0.717) is 0 Å². The molecule has 0 aliphatic rings. The molecule has 4 heteroatoms. The summed E-state index contributed by atoms with van der Waals surface area (Å²) >= 11 is 0. The molecule has 1 aromatic rings. The van der Waals surface area contributed by atoms with Crippen molar-refractivity contribution in [1.82, 2.24) is 15.5 Å². The van der Waals surface area contributed by atoms with Gasteiger partial charge >= 0.3 is 0 Å². The lowest BCUT2D eigenvalue weighted by atomic mass is 9.94. The Hall–Kier alpha value is -0.870. The minimum atomic E-state index is 0.0124. The van der Waals surface area contributed by atoms with Crippen LogP contribution in [0.15, 0.2) is 6.20 Å². The van der Waals surface area contributed by atoms with E-state index < -0.39 is 0 Å². The van der Waals surface area contributed by atoms with Gasteiger partial charge in [0.2, 0.25) is 0 Å². The Kier molecular flexibility index (Phi) is 4.29. The Morgan fingerprint density at radius 3 is 2.80 bits per heavy atom. The van der Waals surface area contributed by atoms with Gasteiger partial charge in [-0.05, 0) is 26.7 Å². The molecule has 1 aromatic heterocycles. The summed E-state index contributed by atoms with van der Waals surface area (Å²) in [7, 11) is 0. The van der Waals surface area contributed by atoms with Crippen molar-refractivity contribution >= 4 is 0 Å². The molecule has 1 rings (SSSR count). The molecular formula is C11H21N3O. The zero-order chi connectivity index (χ0) is 11.3. The van der Waals surface area contributed by atoms with Crippen LogP contribution in [0.2, 0.25) is 0 Å². The van der Waals surface area contributed by atoms with Gasteiger partial charge in [-0.2, -0.15) is 5.10 Å². The first-order chi connectivity index (χ1) is 7.11. The number of aromatic nitrogens is 2. The highest BCUT2D eigenvalue weighted by Crippen LogP contribution is 2.15. The zero-order valence-electron chi connectivity index (χ0n) is 9.80. The van der Waals surface area contributed by atoms with Gasteiger partial charge in [-0.15, -0.1) is 0 Å². The van der Waals surface area contributed by atoms with Crippen molar-refractivity contribution in [2.24, 2.45) is 0 Å². The quantitative estimate of drug-likeness (QED) is 0.666. The van der Waals surface area contributed by atoms with Gasteiger partial charge in [-0.1, -0.05) is 6.92 Å². The van der Waals surface area contributed by atoms with E-state index in [-0.39, 0.29) is 12.1 Å². The molecule has 15 heavy (non-hydrogen) atoms. The Labute approximate surface area is 91.1 Å². The second-order valence-electron chi connectivity index (χ2n) is 4.26. The van der Waals surface area contributed by atoms with E-state index in [9.17, 15) is 0 Å². The fraction of sp³-hybridized carbons (Fsp3) is 0.727. The maximum Gasteiger partial charge on any atom is 0.0535 e. The largest absolute Gasteiger partial charge is 0.396 e. The zero-order valence-corrected chi connectivity index (χ0v) is 9.80. The molecule has 4 nitrogen and oxygen atoms in total. The van der Waals surface area contributed by atoms with Crippen LogP contribution in [0.3, 0.4) is 0 Å². The predicted octanol–water partition coefficient (Wildman–Crippen LogP) is 1.36. The molecule has 1 heterocycles. The fourth-order valence-electron chi connectivity index (χ4n) is 1.50. The third kappa shape index (κ3) is 3.32. The van der Waals surface area contributed by atoms with Gasteiger partial charge in [0.1, 0.15) is 0 Å². The smallest absolute Gasteiger partial charge is 0.0535 e. The number of nitrogens with zero attached hydrogens (tertiary/aromatic N) is 1. The lowest BCUT2D eigenvalue weighted by molar-refractivity contribution is 0.214. The predicted molar refractivity (Wildman–Crippen MR) is 60.6 cm³/mol. The van der Waals surface area contributed by atoms with Crippen LogP contribution in [-0.2, 0) is 6.54 Å². The Bertz CT molecular complexity index is 298. The average Bonchev–Trinajstić information content (AvgIpc) is 2.62. The lowest BCUT2D eigenvalue weighted by Crippen LogP contribution is -2.42. The van der Waals surface area contributed by atoms with E-state index in [4.69, 9.17) is 5.11 Å². The fourth-order valence-corrected chi connectivity index (χ4v) is 1.50. The van der Waals surface area contributed by atoms with Crippen LogP contribution in [0, 0.1) is 6.92 Å². The van der Waals surface area contributed by atoms with Gasteiger partial charge < -0.3 is 10.4 Å². The van der Waals surface area contributed by atoms with E-state index in [0.717, 1.165) is 25.1 Å². The molecule has 0 aliphatic heterocycles. The molecule has 1 unspecified atom stereocenters. The Morgan fingerprint density at radius 1 is 1.60 bits per heavy atom. The van der Waals surface area contributed by atoms with Crippen LogP contribution in [0.25, 0.3) is 0 Å². The molecule has 0 saturated heterocycles. The minimum absolute atomic E-state index is 0.0124. The molecule has 0 amide bonds. The number of aliphatic hydroxyl groups excluding tert-OH is 1. The molecule has 86 valence electrons. The van der Waals surface area contributed by atoms with Gasteiger partial charge in [0.15, 0.2) is 0 Å². The summed E-state index contributed by atoms with van der Waals surface area (Å²) in [5, 5.41) is 19.4. The molecule has 0 aromatic carbocycles. The highest BCUT2D eigenvalue weighted by molar-refractivity contribution is 5.14. The molecule has 3 N–H and O–H groups in total. The van der Waals surface area contributed by atoms with Gasteiger partial charge in [0.25, 0.3) is 0 Å².